The lowest BCUT2D eigenvalue weighted by Crippen LogP contribution is -2.04. The Labute approximate surface area is 156 Å². The van der Waals surface area contributed by atoms with Crippen molar-refractivity contribution in [3.63, 3.8) is 0 Å². The van der Waals surface area contributed by atoms with Gasteiger partial charge in [-0.25, -0.2) is 14.4 Å². The summed E-state index contributed by atoms with van der Waals surface area (Å²) in [7, 11) is 1.62. The summed E-state index contributed by atoms with van der Waals surface area (Å²) >= 11 is 0. The minimum absolute atomic E-state index is 0.162. The third-order valence-electron chi connectivity index (χ3n) is 4.31. The predicted molar refractivity (Wildman–Crippen MR) is 104 cm³/mol. The molecule has 4 rings (SSSR count). The molecule has 0 amide bonds. The van der Waals surface area contributed by atoms with Gasteiger partial charge in [0.1, 0.15) is 11.6 Å². The van der Waals surface area contributed by atoms with Gasteiger partial charge >= 0.3 is 0 Å². The number of halogens is 1. The van der Waals surface area contributed by atoms with E-state index in [-0.39, 0.29) is 5.82 Å². The SMILES string of the molecule is COc1cccc(Cc2ncc(F)c(Nc3ccc4[nH]c(C)cc4c3)n2)c1. The minimum Gasteiger partial charge on any atom is -0.497 e. The number of hydrogen-bond acceptors (Lipinski definition) is 4. The molecule has 136 valence electrons. The molecule has 27 heavy (non-hydrogen) atoms. The van der Waals surface area contributed by atoms with Gasteiger partial charge in [-0.2, -0.15) is 0 Å². The molecule has 0 saturated heterocycles. The van der Waals surface area contributed by atoms with Crippen LogP contribution >= 0.6 is 0 Å². The molecular weight excluding hydrogens is 343 g/mol. The lowest BCUT2D eigenvalue weighted by Gasteiger charge is -2.09. The standard InChI is InChI=1S/C21H19FN4O/c1-13-8-15-11-16(6-7-19(15)24-13)25-21-18(22)12-23-20(26-21)10-14-4-3-5-17(9-14)27-2/h3-9,11-12,24H,10H2,1-2H3,(H,23,25,26). The van der Waals surface area contributed by atoms with Crippen LogP contribution in [0, 0.1) is 12.7 Å². The fourth-order valence-corrected chi connectivity index (χ4v) is 3.03. The number of nitrogens with zero attached hydrogens (tertiary/aromatic N) is 2. The predicted octanol–water partition coefficient (Wildman–Crippen LogP) is 4.75. The fourth-order valence-electron chi connectivity index (χ4n) is 3.03. The first-order valence-corrected chi connectivity index (χ1v) is 8.61. The van der Waals surface area contributed by atoms with E-state index in [1.165, 1.54) is 6.20 Å². The molecular formula is C21H19FN4O. The molecule has 0 aliphatic heterocycles. The lowest BCUT2D eigenvalue weighted by molar-refractivity contribution is 0.414. The topological polar surface area (TPSA) is 62.8 Å². The smallest absolute Gasteiger partial charge is 0.184 e. The summed E-state index contributed by atoms with van der Waals surface area (Å²) in [6.45, 7) is 2.00. The number of rotatable bonds is 5. The van der Waals surface area contributed by atoms with Crippen LogP contribution in [0.3, 0.4) is 0 Å². The summed E-state index contributed by atoms with van der Waals surface area (Å²) in [5.74, 6) is 0.970. The molecule has 2 heterocycles. The van der Waals surface area contributed by atoms with Gasteiger partial charge in [0.05, 0.1) is 13.3 Å². The van der Waals surface area contributed by atoms with E-state index in [0.717, 1.165) is 33.6 Å². The number of aromatic amines is 1. The summed E-state index contributed by atoms with van der Waals surface area (Å²) in [6.07, 6.45) is 1.69. The highest BCUT2D eigenvalue weighted by Crippen LogP contribution is 2.24. The first-order chi connectivity index (χ1) is 13.1. The second kappa shape index (κ2) is 7.07. The van der Waals surface area contributed by atoms with E-state index < -0.39 is 5.82 Å². The number of fused-ring (bicyclic) bond motifs is 1. The van der Waals surface area contributed by atoms with Gasteiger partial charge in [0.25, 0.3) is 0 Å². The zero-order valence-corrected chi connectivity index (χ0v) is 15.1. The molecule has 2 N–H and O–H groups in total. The number of nitrogens with one attached hydrogen (secondary N) is 2. The van der Waals surface area contributed by atoms with Crippen molar-refractivity contribution < 1.29 is 9.13 Å². The largest absolute Gasteiger partial charge is 0.497 e. The summed E-state index contributed by atoms with van der Waals surface area (Å²) in [5.41, 5.74) is 3.89. The van der Waals surface area contributed by atoms with E-state index in [9.17, 15) is 4.39 Å². The van der Waals surface area contributed by atoms with Crippen LogP contribution in [-0.4, -0.2) is 22.1 Å². The van der Waals surface area contributed by atoms with Crippen LogP contribution in [0.4, 0.5) is 15.9 Å². The van der Waals surface area contributed by atoms with Crippen LogP contribution in [0.5, 0.6) is 5.75 Å². The van der Waals surface area contributed by atoms with Gasteiger partial charge in [0, 0.05) is 28.7 Å². The number of ether oxygens (including phenoxy) is 1. The average molecular weight is 362 g/mol. The van der Waals surface area contributed by atoms with Gasteiger partial charge in [0.15, 0.2) is 11.6 Å². The Kier molecular flexibility index (Phi) is 4.46. The average Bonchev–Trinajstić information content (AvgIpc) is 3.04. The van der Waals surface area contributed by atoms with Crippen molar-refractivity contribution in [1.82, 2.24) is 15.0 Å². The molecule has 2 aromatic heterocycles. The van der Waals surface area contributed by atoms with Gasteiger partial charge < -0.3 is 15.0 Å². The number of anilines is 2. The van der Waals surface area contributed by atoms with Crippen LogP contribution in [0.15, 0.2) is 54.7 Å². The zero-order valence-electron chi connectivity index (χ0n) is 15.1. The van der Waals surface area contributed by atoms with Gasteiger partial charge in [-0.3, -0.25) is 0 Å². The van der Waals surface area contributed by atoms with Crippen molar-refractivity contribution in [3.8, 4) is 5.75 Å². The summed E-state index contributed by atoms with van der Waals surface area (Å²) in [5, 5.41) is 4.12. The molecule has 0 spiro atoms. The molecule has 0 radical (unpaired) electrons. The molecule has 0 unspecified atom stereocenters. The maximum absolute atomic E-state index is 14.2. The van der Waals surface area contributed by atoms with Crippen LogP contribution in [0.2, 0.25) is 0 Å². The first-order valence-electron chi connectivity index (χ1n) is 8.61. The van der Waals surface area contributed by atoms with Crippen molar-refractivity contribution >= 4 is 22.4 Å². The number of benzene rings is 2. The molecule has 6 heteroatoms. The number of methoxy groups -OCH3 is 1. The fraction of sp³-hybridized carbons (Fsp3) is 0.143. The maximum atomic E-state index is 14.2. The molecule has 0 aliphatic rings. The highest BCUT2D eigenvalue weighted by Gasteiger charge is 2.09. The number of hydrogen-bond donors (Lipinski definition) is 2. The minimum atomic E-state index is -0.491. The third kappa shape index (κ3) is 3.74. The maximum Gasteiger partial charge on any atom is 0.184 e. The molecule has 5 nitrogen and oxygen atoms in total. The Morgan fingerprint density at radius 3 is 2.89 bits per heavy atom. The van der Waals surface area contributed by atoms with Crippen molar-refractivity contribution in [2.75, 3.05) is 12.4 Å². The van der Waals surface area contributed by atoms with E-state index in [4.69, 9.17) is 4.74 Å². The Morgan fingerprint density at radius 2 is 2.04 bits per heavy atom. The van der Waals surface area contributed by atoms with Gasteiger partial charge in [-0.1, -0.05) is 12.1 Å². The Balaban J connectivity index is 1.59. The zero-order chi connectivity index (χ0) is 18.8. The molecule has 0 aliphatic carbocycles. The van der Waals surface area contributed by atoms with Crippen molar-refractivity contribution in [3.05, 3.63) is 77.6 Å². The molecule has 2 aromatic carbocycles. The number of aryl methyl sites for hydroxylation is 1. The molecule has 4 aromatic rings. The van der Waals surface area contributed by atoms with Crippen LogP contribution in [0.1, 0.15) is 17.1 Å². The van der Waals surface area contributed by atoms with Gasteiger partial charge in [0.2, 0.25) is 0 Å². The molecule has 0 fully saturated rings. The van der Waals surface area contributed by atoms with Crippen LogP contribution in [0.25, 0.3) is 10.9 Å². The molecule has 0 saturated carbocycles. The van der Waals surface area contributed by atoms with Gasteiger partial charge in [-0.05, 0) is 48.9 Å². The van der Waals surface area contributed by atoms with E-state index in [2.05, 4.69) is 20.3 Å². The van der Waals surface area contributed by atoms with Crippen LogP contribution in [-0.2, 0) is 6.42 Å². The second-order valence-electron chi connectivity index (χ2n) is 6.39. The monoisotopic (exact) mass is 362 g/mol. The normalized spacial score (nSPS) is 10.9. The van der Waals surface area contributed by atoms with E-state index in [0.29, 0.717) is 12.2 Å². The van der Waals surface area contributed by atoms with E-state index in [1.54, 1.807) is 7.11 Å². The summed E-state index contributed by atoms with van der Waals surface area (Å²) < 4.78 is 19.5. The van der Waals surface area contributed by atoms with E-state index in [1.807, 2.05) is 55.5 Å². The number of aromatic nitrogens is 3. The molecule has 0 atom stereocenters. The highest BCUT2D eigenvalue weighted by molar-refractivity contribution is 5.84. The number of H-pyrrole nitrogens is 1. The molecule has 0 bridgehead atoms. The van der Waals surface area contributed by atoms with Crippen LogP contribution < -0.4 is 10.1 Å². The van der Waals surface area contributed by atoms with Crippen molar-refractivity contribution in [2.45, 2.75) is 13.3 Å². The summed E-state index contributed by atoms with van der Waals surface area (Å²) in [4.78, 5) is 11.7. The Morgan fingerprint density at radius 1 is 1.15 bits per heavy atom. The van der Waals surface area contributed by atoms with Crippen molar-refractivity contribution in [1.29, 1.82) is 0 Å². The summed E-state index contributed by atoms with van der Waals surface area (Å²) in [6, 6.07) is 15.5. The Hall–Kier alpha value is -3.41. The van der Waals surface area contributed by atoms with Gasteiger partial charge in [-0.15, -0.1) is 0 Å². The third-order valence-corrected chi connectivity index (χ3v) is 4.31. The van der Waals surface area contributed by atoms with Crippen molar-refractivity contribution in [2.24, 2.45) is 0 Å². The lowest BCUT2D eigenvalue weighted by atomic mass is 10.1. The highest BCUT2D eigenvalue weighted by atomic mass is 19.1. The quantitative estimate of drug-likeness (QED) is 0.538. The van der Waals surface area contributed by atoms with E-state index >= 15 is 0 Å². The first kappa shape index (κ1) is 17.0. The second-order valence-corrected chi connectivity index (χ2v) is 6.39. The Bertz CT molecular complexity index is 1110.